The fourth-order valence-electron chi connectivity index (χ4n) is 1.35. The molecule has 0 aromatic heterocycles. The van der Waals surface area contributed by atoms with Crippen LogP contribution in [-0.2, 0) is 0 Å². The number of hydrogen-bond acceptors (Lipinski definition) is 4. The lowest BCUT2D eigenvalue weighted by atomic mass is 10.2. The molecule has 0 fully saturated rings. The van der Waals surface area contributed by atoms with Gasteiger partial charge in [0.05, 0.1) is 11.6 Å². The van der Waals surface area contributed by atoms with Crippen molar-refractivity contribution < 1.29 is 9.84 Å². The van der Waals surface area contributed by atoms with Crippen molar-refractivity contribution in [3.8, 4) is 11.8 Å². The molecule has 4 nitrogen and oxygen atoms in total. The van der Waals surface area contributed by atoms with Crippen LogP contribution in [0.3, 0.4) is 0 Å². The molecule has 0 bridgehead atoms. The summed E-state index contributed by atoms with van der Waals surface area (Å²) in [5, 5.41) is 21.4. The van der Waals surface area contributed by atoms with Gasteiger partial charge in [-0.05, 0) is 31.2 Å². The van der Waals surface area contributed by atoms with Crippen molar-refractivity contribution in [1.82, 2.24) is 5.32 Å². The van der Waals surface area contributed by atoms with E-state index >= 15 is 0 Å². The second-order valence-electron chi connectivity index (χ2n) is 3.81. The van der Waals surface area contributed by atoms with Gasteiger partial charge in [-0.25, -0.2) is 0 Å². The highest BCUT2D eigenvalue weighted by Crippen LogP contribution is 2.12. The molecule has 1 aromatic rings. The summed E-state index contributed by atoms with van der Waals surface area (Å²) in [6.07, 6.45) is 0.505. The lowest BCUT2D eigenvalue weighted by Crippen LogP contribution is -2.31. The van der Waals surface area contributed by atoms with E-state index in [4.69, 9.17) is 10.00 Å². The number of aliphatic hydroxyl groups is 1. The van der Waals surface area contributed by atoms with Gasteiger partial charge >= 0.3 is 0 Å². The van der Waals surface area contributed by atoms with Crippen LogP contribution in [0, 0.1) is 11.3 Å². The van der Waals surface area contributed by atoms with Crippen molar-refractivity contribution in [2.45, 2.75) is 19.4 Å². The molecule has 2 N–H and O–H groups in total. The molecule has 4 heteroatoms. The van der Waals surface area contributed by atoms with Crippen molar-refractivity contribution in [2.75, 3.05) is 19.7 Å². The standard InChI is InChI=1S/C13H18N2O2/c1-2-6-15-9-12(16)10-17-13-5-3-4-11(7-13)8-14/h3-5,7,12,15-16H,2,6,9-10H2,1H3. The van der Waals surface area contributed by atoms with Crippen molar-refractivity contribution in [3.05, 3.63) is 29.8 Å². The van der Waals surface area contributed by atoms with Gasteiger partial charge in [-0.3, -0.25) is 0 Å². The molecule has 0 saturated carbocycles. The van der Waals surface area contributed by atoms with Crippen LogP contribution in [0.4, 0.5) is 0 Å². The first kappa shape index (κ1) is 13.5. The lowest BCUT2D eigenvalue weighted by molar-refractivity contribution is 0.106. The molecule has 0 aliphatic rings. The summed E-state index contributed by atoms with van der Waals surface area (Å²) in [7, 11) is 0. The predicted octanol–water partition coefficient (Wildman–Crippen LogP) is 1.30. The molecule has 0 heterocycles. The molecule has 1 unspecified atom stereocenters. The van der Waals surface area contributed by atoms with Crippen molar-refractivity contribution in [2.24, 2.45) is 0 Å². The van der Waals surface area contributed by atoms with Gasteiger partial charge in [0.15, 0.2) is 0 Å². The minimum absolute atomic E-state index is 0.228. The minimum Gasteiger partial charge on any atom is -0.491 e. The van der Waals surface area contributed by atoms with Gasteiger partial charge in [-0.15, -0.1) is 0 Å². The zero-order chi connectivity index (χ0) is 12.5. The van der Waals surface area contributed by atoms with E-state index in [1.165, 1.54) is 0 Å². The second-order valence-corrected chi connectivity index (χ2v) is 3.81. The van der Waals surface area contributed by atoms with E-state index in [2.05, 4.69) is 12.2 Å². The molecule has 0 spiro atoms. The predicted molar refractivity (Wildman–Crippen MR) is 65.8 cm³/mol. The molecule has 1 atom stereocenters. The second kappa shape index (κ2) is 7.66. The Labute approximate surface area is 102 Å². The molecule has 1 aromatic carbocycles. The molecule has 0 saturated heterocycles. The average molecular weight is 234 g/mol. The molecule has 0 aliphatic carbocycles. The SMILES string of the molecule is CCCNCC(O)COc1cccc(C#N)c1. The topological polar surface area (TPSA) is 65.3 Å². The summed E-state index contributed by atoms with van der Waals surface area (Å²) in [5.74, 6) is 0.610. The van der Waals surface area contributed by atoms with E-state index in [9.17, 15) is 5.11 Å². The fraction of sp³-hybridized carbons (Fsp3) is 0.462. The number of nitrogens with one attached hydrogen (secondary N) is 1. The van der Waals surface area contributed by atoms with Crippen LogP contribution in [0.1, 0.15) is 18.9 Å². The number of benzene rings is 1. The maximum atomic E-state index is 9.61. The Kier molecular flexibility index (Phi) is 6.08. The third kappa shape index (κ3) is 5.34. The van der Waals surface area contributed by atoms with Gasteiger partial charge in [-0.1, -0.05) is 13.0 Å². The first-order valence-electron chi connectivity index (χ1n) is 5.78. The van der Waals surface area contributed by atoms with Crippen LogP contribution in [-0.4, -0.2) is 30.9 Å². The van der Waals surface area contributed by atoms with Gasteiger partial charge in [0.1, 0.15) is 18.5 Å². The highest BCUT2D eigenvalue weighted by Gasteiger charge is 2.04. The number of rotatable bonds is 7. The molecule has 17 heavy (non-hydrogen) atoms. The van der Waals surface area contributed by atoms with E-state index in [0.29, 0.717) is 17.9 Å². The third-order valence-electron chi connectivity index (χ3n) is 2.21. The summed E-state index contributed by atoms with van der Waals surface area (Å²) >= 11 is 0. The number of nitrogens with zero attached hydrogens (tertiary/aromatic N) is 1. The van der Waals surface area contributed by atoms with E-state index in [0.717, 1.165) is 13.0 Å². The van der Waals surface area contributed by atoms with E-state index in [1.807, 2.05) is 6.07 Å². The van der Waals surface area contributed by atoms with Crippen LogP contribution in [0.25, 0.3) is 0 Å². The largest absolute Gasteiger partial charge is 0.491 e. The summed E-state index contributed by atoms with van der Waals surface area (Å²) in [4.78, 5) is 0. The molecule has 0 aliphatic heterocycles. The lowest BCUT2D eigenvalue weighted by Gasteiger charge is -2.12. The van der Waals surface area contributed by atoms with Crippen molar-refractivity contribution in [3.63, 3.8) is 0 Å². The first-order chi connectivity index (χ1) is 8.26. The van der Waals surface area contributed by atoms with Gasteiger partial charge in [0.25, 0.3) is 0 Å². The van der Waals surface area contributed by atoms with Crippen LogP contribution >= 0.6 is 0 Å². The summed E-state index contributed by atoms with van der Waals surface area (Å²) in [5.41, 5.74) is 0.557. The molecule has 0 amide bonds. The fourth-order valence-corrected chi connectivity index (χ4v) is 1.35. The minimum atomic E-state index is -0.535. The van der Waals surface area contributed by atoms with Crippen molar-refractivity contribution in [1.29, 1.82) is 5.26 Å². The number of nitriles is 1. The van der Waals surface area contributed by atoms with Crippen LogP contribution in [0.2, 0.25) is 0 Å². The highest BCUT2D eigenvalue weighted by molar-refractivity contribution is 5.36. The monoisotopic (exact) mass is 234 g/mol. The Bertz CT molecular complexity index is 374. The number of ether oxygens (including phenoxy) is 1. The Morgan fingerprint density at radius 3 is 3.06 bits per heavy atom. The normalized spacial score (nSPS) is 11.8. The molecular weight excluding hydrogens is 216 g/mol. The van der Waals surface area contributed by atoms with Gasteiger partial charge in [-0.2, -0.15) is 5.26 Å². The van der Waals surface area contributed by atoms with Crippen molar-refractivity contribution >= 4 is 0 Å². The number of hydrogen-bond donors (Lipinski definition) is 2. The molecule has 92 valence electrons. The Balaban J connectivity index is 2.32. The van der Waals surface area contributed by atoms with E-state index in [1.54, 1.807) is 24.3 Å². The first-order valence-corrected chi connectivity index (χ1v) is 5.78. The zero-order valence-corrected chi connectivity index (χ0v) is 10.0. The number of aliphatic hydroxyl groups excluding tert-OH is 1. The van der Waals surface area contributed by atoms with Gasteiger partial charge in [0, 0.05) is 6.54 Å². The molecule has 1 rings (SSSR count). The highest BCUT2D eigenvalue weighted by atomic mass is 16.5. The Morgan fingerprint density at radius 2 is 2.35 bits per heavy atom. The third-order valence-corrected chi connectivity index (χ3v) is 2.21. The van der Waals surface area contributed by atoms with Gasteiger partial charge in [0.2, 0.25) is 0 Å². The van der Waals surface area contributed by atoms with Crippen LogP contribution in [0.15, 0.2) is 24.3 Å². The summed E-state index contributed by atoms with van der Waals surface area (Å²) in [6.45, 7) is 3.71. The average Bonchev–Trinajstić information content (AvgIpc) is 2.37. The zero-order valence-electron chi connectivity index (χ0n) is 10.0. The maximum absolute atomic E-state index is 9.61. The quantitative estimate of drug-likeness (QED) is 0.698. The van der Waals surface area contributed by atoms with Crippen LogP contribution in [0.5, 0.6) is 5.75 Å². The van der Waals surface area contributed by atoms with E-state index < -0.39 is 6.10 Å². The smallest absolute Gasteiger partial charge is 0.120 e. The summed E-state index contributed by atoms with van der Waals surface area (Å²) < 4.78 is 5.40. The Hall–Kier alpha value is -1.57. The Morgan fingerprint density at radius 1 is 1.53 bits per heavy atom. The van der Waals surface area contributed by atoms with Crippen LogP contribution < -0.4 is 10.1 Å². The van der Waals surface area contributed by atoms with Gasteiger partial charge < -0.3 is 15.2 Å². The summed E-state index contributed by atoms with van der Waals surface area (Å²) in [6, 6.07) is 8.95. The molecular formula is C13H18N2O2. The molecule has 0 radical (unpaired) electrons. The van der Waals surface area contributed by atoms with E-state index in [-0.39, 0.29) is 6.61 Å². The maximum Gasteiger partial charge on any atom is 0.120 e.